The van der Waals surface area contributed by atoms with Gasteiger partial charge in [0.25, 0.3) is 0 Å². The van der Waals surface area contributed by atoms with Gasteiger partial charge in [-0.2, -0.15) is 0 Å². The zero-order valence-electron chi connectivity index (χ0n) is 8.43. The summed E-state index contributed by atoms with van der Waals surface area (Å²) in [5.74, 6) is -0.331. The molecule has 1 aromatic carbocycles. The number of rotatable bonds is 3. The van der Waals surface area contributed by atoms with Crippen molar-refractivity contribution in [3.63, 3.8) is 0 Å². The van der Waals surface area contributed by atoms with Crippen molar-refractivity contribution in [2.24, 2.45) is 0 Å². The summed E-state index contributed by atoms with van der Waals surface area (Å²) in [5, 5.41) is 9.61. The molecule has 2 rings (SSSR count). The van der Waals surface area contributed by atoms with Crippen molar-refractivity contribution in [2.45, 2.75) is 16.5 Å². The molecular formula is C12H10FNOS. The third kappa shape index (κ3) is 2.59. The average Bonchev–Trinajstić information content (AvgIpc) is 2.33. The number of aliphatic hydroxyl groups excluding tert-OH is 1. The monoisotopic (exact) mass is 235 g/mol. The molecule has 4 heteroatoms. The van der Waals surface area contributed by atoms with Gasteiger partial charge < -0.3 is 5.11 Å². The van der Waals surface area contributed by atoms with E-state index in [9.17, 15) is 4.39 Å². The predicted octanol–water partition coefficient (Wildman–Crippen LogP) is 2.86. The zero-order chi connectivity index (χ0) is 11.4. The van der Waals surface area contributed by atoms with Crippen LogP contribution in [0.1, 0.15) is 5.56 Å². The fraction of sp³-hybridized carbons (Fsp3) is 0.0833. The Kier molecular flexibility index (Phi) is 3.54. The summed E-state index contributed by atoms with van der Waals surface area (Å²) in [5.41, 5.74) is 0.572. The van der Waals surface area contributed by atoms with Gasteiger partial charge in [0.2, 0.25) is 0 Å². The van der Waals surface area contributed by atoms with Crippen molar-refractivity contribution in [2.75, 3.05) is 0 Å². The molecule has 16 heavy (non-hydrogen) atoms. The van der Waals surface area contributed by atoms with Crippen molar-refractivity contribution >= 4 is 11.8 Å². The molecule has 0 aliphatic heterocycles. The maximum atomic E-state index is 13.6. The molecule has 0 fully saturated rings. The summed E-state index contributed by atoms with van der Waals surface area (Å²) < 4.78 is 13.6. The molecule has 1 aromatic heterocycles. The minimum atomic E-state index is -0.331. The van der Waals surface area contributed by atoms with E-state index < -0.39 is 0 Å². The molecule has 0 unspecified atom stereocenters. The van der Waals surface area contributed by atoms with E-state index in [1.54, 1.807) is 18.3 Å². The zero-order valence-corrected chi connectivity index (χ0v) is 9.25. The largest absolute Gasteiger partial charge is 0.392 e. The summed E-state index contributed by atoms with van der Waals surface area (Å²) in [6.07, 6.45) is 1.67. The molecule has 2 aromatic rings. The van der Waals surface area contributed by atoms with Gasteiger partial charge in [-0.25, -0.2) is 9.37 Å². The number of hydrogen-bond acceptors (Lipinski definition) is 3. The van der Waals surface area contributed by atoms with Crippen molar-refractivity contribution in [1.29, 1.82) is 0 Å². The Balaban J connectivity index is 2.22. The van der Waals surface area contributed by atoms with Crippen LogP contribution in [-0.2, 0) is 6.61 Å². The van der Waals surface area contributed by atoms with Gasteiger partial charge in [-0.15, -0.1) is 0 Å². The first-order valence-electron chi connectivity index (χ1n) is 4.78. The molecule has 0 saturated carbocycles. The lowest BCUT2D eigenvalue weighted by Crippen LogP contribution is -1.88. The molecule has 2 nitrogen and oxygen atoms in total. The van der Waals surface area contributed by atoms with Crippen LogP contribution in [0.4, 0.5) is 4.39 Å². The summed E-state index contributed by atoms with van der Waals surface area (Å²) in [6.45, 7) is -0.147. The van der Waals surface area contributed by atoms with Gasteiger partial charge in [-0.05, 0) is 29.8 Å². The second-order valence-corrected chi connectivity index (χ2v) is 4.26. The van der Waals surface area contributed by atoms with Crippen molar-refractivity contribution < 1.29 is 9.50 Å². The third-order valence-corrected chi connectivity index (χ3v) is 3.03. The Hall–Kier alpha value is -1.39. The van der Waals surface area contributed by atoms with E-state index in [0.717, 1.165) is 5.03 Å². The molecule has 0 saturated heterocycles. The van der Waals surface area contributed by atoms with Crippen LogP contribution in [0.15, 0.2) is 52.5 Å². The van der Waals surface area contributed by atoms with Gasteiger partial charge in [0, 0.05) is 11.1 Å². The molecule has 0 radical (unpaired) electrons. The van der Waals surface area contributed by atoms with E-state index >= 15 is 0 Å². The standard InChI is InChI=1S/C12H10FNOS/c13-10-7-9(8-15)4-5-11(10)16-12-3-1-2-6-14-12/h1-7,15H,8H2. The highest BCUT2D eigenvalue weighted by atomic mass is 32.2. The van der Waals surface area contributed by atoms with Gasteiger partial charge in [0.05, 0.1) is 6.61 Å². The van der Waals surface area contributed by atoms with Crippen LogP contribution >= 0.6 is 11.8 Å². The smallest absolute Gasteiger partial charge is 0.137 e. The highest BCUT2D eigenvalue weighted by Gasteiger charge is 2.05. The van der Waals surface area contributed by atoms with Gasteiger partial charge in [0.15, 0.2) is 0 Å². The number of pyridine rings is 1. The van der Waals surface area contributed by atoms with E-state index in [0.29, 0.717) is 10.5 Å². The first-order valence-corrected chi connectivity index (χ1v) is 5.59. The molecule has 1 heterocycles. The minimum Gasteiger partial charge on any atom is -0.392 e. The second-order valence-electron chi connectivity index (χ2n) is 3.19. The summed E-state index contributed by atoms with van der Waals surface area (Å²) in [7, 11) is 0. The molecule has 0 bridgehead atoms. The van der Waals surface area contributed by atoms with E-state index in [1.807, 2.05) is 18.2 Å². The van der Waals surface area contributed by atoms with Gasteiger partial charge in [-0.3, -0.25) is 0 Å². The number of aromatic nitrogens is 1. The molecule has 0 atom stereocenters. The summed E-state index contributed by atoms with van der Waals surface area (Å²) in [6, 6.07) is 10.2. The first-order chi connectivity index (χ1) is 7.79. The molecule has 0 amide bonds. The fourth-order valence-electron chi connectivity index (χ4n) is 1.25. The van der Waals surface area contributed by atoms with Gasteiger partial charge >= 0.3 is 0 Å². The Morgan fingerprint density at radius 1 is 1.25 bits per heavy atom. The summed E-state index contributed by atoms with van der Waals surface area (Å²) >= 11 is 1.27. The Morgan fingerprint density at radius 2 is 2.12 bits per heavy atom. The molecule has 0 spiro atoms. The van der Waals surface area contributed by atoms with Crippen LogP contribution < -0.4 is 0 Å². The second kappa shape index (κ2) is 5.09. The Morgan fingerprint density at radius 3 is 2.75 bits per heavy atom. The number of benzene rings is 1. The van der Waals surface area contributed by atoms with E-state index in [1.165, 1.54) is 17.8 Å². The van der Waals surface area contributed by atoms with Gasteiger partial charge in [-0.1, -0.05) is 23.9 Å². The highest BCUT2D eigenvalue weighted by molar-refractivity contribution is 7.99. The molecule has 82 valence electrons. The van der Waals surface area contributed by atoms with E-state index in [4.69, 9.17) is 5.11 Å². The van der Waals surface area contributed by atoms with Crippen molar-refractivity contribution in [3.8, 4) is 0 Å². The van der Waals surface area contributed by atoms with E-state index in [-0.39, 0.29) is 12.4 Å². The number of halogens is 1. The first kappa shape index (κ1) is 11.1. The molecule has 0 aliphatic carbocycles. The quantitative estimate of drug-likeness (QED) is 0.888. The average molecular weight is 235 g/mol. The van der Waals surface area contributed by atoms with Crippen molar-refractivity contribution in [1.82, 2.24) is 4.98 Å². The van der Waals surface area contributed by atoms with E-state index in [2.05, 4.69) is 4.98 Å². The van der Waals surface area contributed by atoms with Crippen molar-refractivity contribution in [3.05, 3.63) is 54.0 Å². The predicted molar refractivity (Wildman–Crippen MR) is 60.7 cm³/mol. The molecular weight excluding hydrogens is 225 g/mol. The lowest BCUT2D eigenvalue weighted by Gasteiger charge is -2.03. The maximum Gasteiger partial charge on any atom is 0.137 e. The Bertz CT molecular complexity index is 476. The van der Waals surface area contributed by atoms with Crippen LogP contribution in [0.25, 0.3) is 0 Å². The Labute approximate surface area is 97.2 Å². The number of nitrogens with zero attached hydrogens (tertiary/aromatic N) is 1. The highest BCUT2D eigenvalue weighted by Crippen LogP contribution is 2.28. The SMILES string of the molecule is OCc1ccc(Sc2ccccn2)c(F)c1. The van der Waals surface area contributed by atoms with Crippen LogP contribution in [0.3, 0.4) is 0 Å². The van der Waals surface area contributed by atoms with Crippen LogP contribution in [0.5, 0.6) is 0 Å². The summed E-state index contributed by atoms with van der Waals surface area (Å²) in [4.78, 5) is 4.61. The normalized spacial score (nSPS) is 10.4. The van der Waals surface area contributed by atoms with Crippen LogP contribution in [-0.4, -0.2) is 10.1 Å². The third-order valence-electron chi connectivity index (χ3n) is 2.03. The topological polar surface area (TPSA) is 33.1 Å². The lowest BCUT2D eigenvalue weighted by molar-refractivity contribution is 0.281. The van der Waals surface area contributed by atoms with Crippen LogP contribution in [0, 0.1) is 5.82 Å². The number of hydrogen-bond donors (Lipinski definition) is 1. The van der Waals surface area contributed by atoms with Crippen LogP contribution in [0.2, 0.25) is 0 Å². The molecule has 0 aliphatic rings. The fourth-order valence-corrected chi connectivity index (χ4v) is 2.02. The maximum absolute atomic E-state index is 13.6. The lowest BCUT2D eigenvalue weighted by atomic mass is 10.2. The molecule has 1 N–H and O–H groups in total. The number of aliphatic hydroxyl groups is 1. The minimum absolute atomic E-state index is 0.147. The van der Waals surface area contributed by atoms with Gasteiger partial charge in [0.1, 0.15) is 10.8 Å².